The lowest BCUT2D eigenvalue weighted by Crippen LogP contribution is -2.45. The van der Waals surface area contributed by atoms with Crippen molar-refractivity contribution in [3.8, 4) is 0 Å². The molecule has 0 saturated heterocycles. The number of hydrogen-bond donors (Lipinski definition) is 4. The average Bonchev–Trinajstić information content (AvgIpc) is 3.23. The van der Waals surface area contributed by atoms with Crippen LogP contribution < -0.4 is 5.32 Å². The van der Waals surface area contributed by atoms with Crippen molar-refractivity contribution in [3.63, 3.8) is 0 Å². The van der Waals surface area contributed by atoms with Crippen LogP contribution in [0.4, 0.5) is 0 Å². The highest BCUT2D eigenvalue weighted by molar-refractivity contribution is 5.76. The largest absolute Gasteiger partial charge is 0.394 e. The molecule has 0 fully saturated rings. The minimum absolute atomic E-state index is 0.00553. The van der Waals surface area contributed by atoms with E-state index in [-0.39, 0.29) is 18.9 Å². The molecule has 1 amide bonds. The molecule has 0 aliphatic rings. The molecule has 5 nitrogen and oxygen atoms in total. The van der Waals surface area contributed by atoms with Gasteiger partial charge in [0.1, 0.15) is 0 Å². The van der Waals surface area contributed by atoms with Crippen molar-refractivity contribution < 1.29 is 20.1 Å². The van der Waals surface area contributed by atoms with Crippen LogP contribution in [0.15, 0.2) is 48.6 Å². The summed E-state index contributed by atoms with van der Waals surface area (Å²) in [6.07, 6.45) is 64.5. The molecule has 0 saturated carbocycles. The topological polar surface area (TPSA) is 89.8 Å². The number of amides is 1. The first-order valence-corrected chi connectivity index (χ1v) is 25.9. The quantitative estimate of drug-likeness (QED) is 0.0363. The fourth-order valence-electron chi connectivity index (χ4n) is 7.86. The van der Waals surface area contributed by atoms with E-state index >= 15 is 0 Å². The van der Waals surface area contributed by atoms with E-state index in [2.05, 4.69) is 55.6 Å². The second-order valence-electron chi connectivity index (χ2n) is 17.8. The Morgan fingerprint density at radius 1 is 0.441 bits per heavy atom. The predicted octanol–water partition coefficient (Wildman–Crippen LogP) is 15.7. The molecule has 3 atom stereocenters. The van der Waals surface area contributed by atoms with E-state index in [1.807, 2.05) is 6.08 Å². The van der Waals surface area contributed by atoms with Gasteiger partial charge in [0, 0.05) is 0 Å². The number of allylic oxidation sites excluding steroid dienone is 7. The number of aliphatic hydroxyl groups is 3. The van der Waals surface area contributed by atoms with Gasteiger partial charge >= 0.3 is 0 Å². The van der Waals surface area contributed by atoms with Gasteiger partial charge in [0.05, 0.1) is 31.3 Å². The van der Waals surface area contributed by atoms with Crippen molar-refractivity contribution in [2.45, 2.75) is 283 Å². The smallest absolute Gasteiger partial charge is 0.222 e. The first kappa shape index (κ1) is 57.3. The molecule has 3 unspecified atom stereocenters. The Kier molecular flexibility index (Phi) is 47.6. The second-order valence-corrected chi connectivity index (χ2v) is 17.8. The fourth-order valence-corrected chi connectivity index (χ4v) is 7.86. The summed E-state index contributed by atoms with van der Waals surface area (Å²) in [5.74, 6) is -0.326. The van der Waals surface area contributed by atoms with Crippen molar-refractivity contribution in [3.05, 3.63) is 48.6 Å². The monoisotopic (exact) mass is 828 g/mol. The highest BCUT2D eigenvalue weighted by Crippen LogP contribution is 2.16. The summed E-state index contributed by atoms with van der Waals surface area (Å²) in [5, 5.41) is 33.2. The van der Waals surface area contributed by atoms with Crippen molar-refractivity contribution in [2.75, 3.05) is 6.61 Å². The molecule has 346 valence electrons. The van der Waals surface area contributed by atoms with Gasteiger partial charge in [-0.1, -0.05) is 242 Å². The summed E-state index contributed by atoms with van der Waals surface area (Å²) in [4.78, 5) is 12.4. The average molecular weight is 828 g/mol. The van der Waals surface area contributed by atoms with Gasteiger partial charge in [-0.15, -0.1) is 0 Å². The first-order valence-electron chi connectivity index (χ1n) is 25.9. The van der Waals surface area contributed by atoms with Crippen LogP contribution in [0.3, 0.4) is 0 Å². The maximum Gasteiger partial charge on any atom is 0.222 e. The second kappa shape index (κ2) is 49.0. The van der Waals surface area contributed by atoms with Gasteiger partial charge in [0.2, 0.25) is 5.91 Å². The molecule has 5 heteroatoms. The maximum absolute atomic E-state index is 12.4. The molecule has 0 heterocycles. The Labute approximate surface area is 367 Å². The summed E-state index contributed by atoms with van der Waals surface area (Å²) >= 11 is 0. The molecule has 0 bridgehead atoms. The Morgan fingerprint density at radius 3 is 1.19 bits per heavy atom. The van der Waals surface area contributed by atoms with Gasteiger partial charge in [-0.05, 0) is 64.2 Å². The van der Waals surface area contributed by atoms with Crippen molar-refractivity contribution in [1.82, 2.24) is 5.32 Å². The summed E-state index contributed by atoms with van der Waals surface area (Å²) in [7, 11) is 0. The van der Waals surface area contributed by atoms with Crippen LogP contribution in [0, 0.1) is 0 Å². The Hall–Kier alpha value is -1.69. The fraction of sp³-hybridized carbons (Fsp3) is 0.833. The van der Waals surface area contributed by atoms with Crippen LogP contribution in [0.5, 0.6) is 0 Å². The van der Waals surface area contributed by atoms with Crippen LogP contribution in [0.1, 0.15) is 264 Å². The van der Waals surface area contributed by atoms with E-state index < -0.39 is 18.2 Å². The summed E-state index contributed by atoms with van der Waals surface area (Å²) < 4.78 is 0. The molecular weight excluding hydrogens is 727 g/mol. The van der Waals surface area contributed by atoms with Crippen LogP contribution >= 0.6 is 0 Å². The Morgan fingerprint density at radius 2 is 0.780 bits per heavy atom. The van der Waals surface area contributed by atoms with Crippen molar-refractivity contribution >= 4 is 5.91 Å². The molecule has 0 aromatic carbocycles. The number of aliphatic hydroxyl groups excluding tert-OH is 3. The highest BCUT2D eigenvalue weighted by Gasteiger charge is 2.20. The molecule has 4 N–H and O–H groups in total. The first-order chi connectivity index (χ1) is 29.0. The van der Waals surface area contributed by atoms with Gasteiger partial charge in [-0.25, -0.2) is 0 Å². The van der Waals surface area contributed by atoms with Crippen molar-refractivity contribution in [2.24, 2.45) is 0 Å². The van der Waals surface area contributed by atoms with Crippen LogP contribution in [-0.4, -0.2) is 46.1 Å². The molecule has 0 aliphatic carbocycles. The summed E-state index contributed by atoms with van der Waals surface area (Å²) in [6, 6.07) is -0.760. The molecule has 0 aromatic rings. The third kappa shape index (κ3) is 45.7. The van der Waals surface area contributed by atoms with Crippen LogP contribution in [-0.2, 0) is 4.79 Å². The number of carbonyl (C=O) groups excluding carboxylic acids is 1. The van der Waals surface area contributed by atoms with Gasteiger partial charge in [-0.3, -0.25) is 4.79 Å². The standard InChI is InChI=1S/C54H101NO4/c1-3-5-7-9-11-13-15-16-17-18-19-20-21-22-23-24-25-26-27-28-29-30-31-32-33-34-35-36-38-39-41-43-45-47-51(57)49-54(59)55-52(50-56)53(58)48-46-44-42-40-37-14-12-10-8-6-4-2/h21-22,24-25,37,40,46,48,51-53,56-58H,3-20,23,26-36,38-39,41-45,47,49-50H2,1-2H3,(H,55,59)/b22-21-,25-24-,40-37+,48-46+. The van der Waals surface area contributed by atoms with E-state index in [1.54, 1.807) is 6.08 Å². The van der Waals surface area contributed by atoms with E-state index in [0.29, 0.717) is 6.42 Å². The SMILES string of the molecule is CCCCCCC/C=C/CC/C=C/C(O)C(CO)NC(=O)CC(O)CCCCCCCCCCCCCCCCC/C=C\C/C=C\CCCCCCCCCCCCC. The van der Waals surface area contributed by atoms with E-state index in [4.69, 9.17) is 0 Å². The minimum atomic E-state index is -0.951. The predicted molar refractivity (Wildman–Crippen MR) is 259 cm³/mol. The van der Waals surface area contributed by atoms with Gasteiger partial charge < -0.3 is 20.6 Å². The molecule has 0 aliphatic heterocycles. The highest BCUT2D eigenvalue weighted by atomic mass is 16.3. The Balaban J connectivity index is 3.52. The zero-order valence-electron chi connectivity index (χ0n) is 39.4. The number of carbonyl (C=O) groups is 1. The third-order valence-electron chi connectivity index (χ3n) is 11.8. The molecular formula is C54H101NO4. The Bertz CT molecular complexity index is 958. The lowest BCUT2D eigenvalue weighted by Gasteiger charge is -2.21. The van der Waals surface area contributed by atoms with Gasteiger partial charge in [-0.2, -0.15) is 0 Å². The molecule has 0 rings (SSSR count). The zero-order chi connectivity index (χ0) is 43.0. The zero-order valence-corrected chi connectivity index (χ0v) is 39.4. The lowest BCUT2D eigenvalue weighted by atomic mass is 10.0. The molecule has 0 aromatic heterocycles. The lowest BCUT2D eigenvalue weighted by molar-refractivity contribution is -0.124. The normalized spacial score (nSPS) is 13.8. The number of nitrogens with one attached hydrogen (secondary N) is 1. The van der Waals surface area contributed by atoms with Gasteiger partial charge in [0.25, 0.3) is 0 Å². The van der Waals surface area contributed by atoms with Crippen molar-refractivity contribution in [1.29, 1.82) is 0 Å². The summed E-state index contributed by atoms with van der Waals surface area (Å²) in [5.41, 5.74) is 0. The molecule has 0 spiro atoms. The van der Waals surface area contributed by atoms with Crippen LogP contribution in [0.25, 0.3) is 0 Å². The van der Waals surface area contributed by atoms with E-state index in [9.17, 15) is 20.1 Å². The number of unbranched alkanes of at least 4 members (excludes halogenated alkanes) is 32. The van der Waals surface area contributed by atoms with Crippen LogP contribution in [0.2, 0.25) is 0 Å². The molecule has 0 radical (unpaired) electrons. The molecule has 59 heavy (non-hydrogen) atoms. The number of hydrogen-bond acceptors (Lipinski definition) is 4. The van der Waals surface area contributed by atoms with Gasteiger partial charge in [0.15, 0.2) is 0 Å². The summed E-state index contributed by atoms with van der Waals surface area (Å²) in [6.45, 7) is 4.18. The minimum Gasteiger partial charge on any atom is -0.394 e. The third-order valence-corrected chi connectivity index (χ3v) is 11.8. The van der Waals surface area contributed by atoms with E-state index in [0.717, 1.165) is 38.5 Å². The van der Waals surface area contributed by atoms with E-state index in [1.165, 1.54) is 199 Å². The maximum atomic E-state index is 12.4. The number of rotatable bonds is 47.